The maximum atomic E-state index is 4.05. The molecule has 2 N–H and O–H groups in total. The molecule has 5 atom stereocenters. The monoisotopic (exact) mass is 278 g/mol. The highest BCUT2D eigenvalue weighted by atomic mass is 15.2. The van der Waals surface area contributed by atoms with E-state index >= 15 is 0 Å². The first-order chi connectivity index (χ1) is 9.46. The fraction of sp³-hybridized carbons (Fsp3) is 1.00. The van der Waals surface area contributed by atoms with Crippen molar-refractivity contribution in [3.8, 4) is 0 Å². The Labute approximate surface area is 125 Å². The first kappa shape index (κ1) is 14.8. The Kier molecular flexibility index (Phi) is 3.92. The van der Waals surface area contributed by atoms with Crippen LogP contribution in [0.4, 0.5) is 0 Å². The van der Waals surface area contributed by atoms with Crippen molar-refractivity contribution in [1.29, 1.82) is 0 Å². The van der Waals surface area contributed by atoms with Crippen LogP contribution in [0.1, 0.15) is 72.6 Å². The first-order valence-electron chi connectivity index (χ1n) is 8.97. The Morgan fingerprint density at radius 2 is 1.75 bits per heavy atom. The van der Waals surface area contributed by atoms with Crippen LogP contribution >= 0.6 is 0 Å². The van der Waals surface area contributed by atoms with E-state index in [2.05, 4.69) is 38.3 Å². The Hall–Kier alpha value is -0.0800. The summed E-state index contributed by atoms with van der Waals surface area (Å²) in [5.74, 6) is 2.56. The Balaban J connectivity index is 2.03. The highest BCUT2D eigenvalue weighted by Crippen LogP contribution is 2.52. The molecule has 2 saturated carbocycles. The van der Waals surface area contributed by atoms with Gasteiger partial charge in [-0.1, -0.05) is 33.6 Å². The summed E-state index contributed by atoms with van der Waals surface area (Å²) in [4.78, 5) is 0. The van der Waals surface area contributed by atoms with Gasteiger partial charge >= 0.3 is 0 Å². The largest absolute Gasteiger partial charge is 0.302 e. The predicted octanol–water partition coefficient (Wildman–Crippen LogP) is 3.92. The van der Waals surface area contributed by atoms with Crippen LogP contribution in [0, 0.1) is 23.2 Å². The molecule has 5 unspecified atom stereocenters. The molecule has 3 fully saturated rings. The van der Waals surface area contributed by atoms with Gasteiger partial charge in [0.25, 0.3) is 0 Å². The summed E-state index contributed by atoms with van der Waals surface area (Å²) in [5.41, 5.74) is 0.892. The third-order valence-electron chi connectivity index (χ3n) is 7.08. The molecule has 1 saturated heterocycles. The Morgan fingerprint density at radius 3 is 2.45 bits per heavy atom. The quantitative estimate of drug-likeness (QED) is 0.760. The van der Waals surface area contributed by atoms with Gasteiger partial charge in [0.1, 0.15) is 0 Å². The third-order valence-corrected chi connectivity index (χ3v) is 7.08. The molecule has 0 aromatic heterocycles. The van der Waals surface area contributed by atoms with Crippen LogP contribution < -0.4 is 10.6 Å². The molecular weight excluding hydrogens is 244 g/mol. The molecule has 116 valence electrons. The molecule has 0 aromatic rings. The summed E-state index contributed by atoms with van der Waals surface area (Å²) in [6.45, 7) is 11.0. The smallest absolute Gasteiger partial charge is 0.0547 e. The van der Waals surface area contributed by atoms with Crippen molar-refractivity contribution in [3.05, 3.63) is 0 Å². The second-order valence-electron chi connectivity index (χ2n) is 8.51. The highest BCUT2D eigenvalue weighted by molar-refractivity contribution is 5.06. The molecule has 2 heteroatoms. The van der Waals surface area contributed by atoms with Gasteiger partial charge in [-0.3, -0.25) is 5.32 Å². The zero-order valence-corrected chi connectivity index (χ0v) is 14.0. The lowest BCUT2D eigenvalue weighted by Crippen LogP contribution is -2.62. The SMILES string of the molecule is CC1NCC2(C)CCC(C(C)C)(N1)C1CCCCC2C1. The average molecular weight is 278 g/mol. The van der Waals surface area contributed by atoms with Crippen LogP contribution in [0.5, 0.6) is 0 Å². The molecule has 0 aromatic carbocycles. The van der Waals surface area contributed by atoms with Gasteiger partial charge in [0.2, 0.25) is 0 Å². The van der Waals surface area contributed by atoms with Crippen molar-refractivity contribution in [2.24, 2.45) is 23.2 Å². The van der Waals surface area contributed by atoms with Crippen molar-refractivity contribution in [2.45, 2.75) is 84.3 Å². The van der Waals surface area contributed by atoms with Crippen molar-refractivity contribution < 1.29 is 0 Å². The molecule has 3 rings (SSSR count). The van der Waals surface area contributed by atoms with E-state index in [4.69, 9.17) is 0 Å². The molecule has 1 heterocycles. The molecule has 0 radical (unpaired) electrons. The van der Waals surface area contributed by atoms with E-state index in [1.165, 1.54) is 51.5 Å². The van der Waals surface area contributed by atoms with Gasteiger partial charge in [-0.25, -0.2) is 0 Å². The fourth-order valence-electron chi connectivity index (χ4n) is 5.55. The van der Waals surface area contributed by atoms with E-state index in [-0.39, 0.29) is 0 Å². The summed E-state index contributed by atoms with van der Waals surface area (Å²) >= 11 is 0. The van der Waals surface area contributed by atoms with Crippen molar-refractivity contribution in [2.75, 3.05) is 6.54 Å². The maximum absolute atomic E-state index is 4.05. The van der Waals surface area contributed by atoms with Crippen molar-refractivity contribution >= 4 is 0 Å². The molecular formula is C18H34N2. The molecule has 3 aliphatic rings. The summed E-state index contributed by atoms with van der Waals surface area (Å²) in [7, 11) is 0. The van der Waals surface area contributed by atoms with Gasteiger partial charge in [0.05, 0.1) is 6.17 Å². The second-order valence-corrected chi connectivity index (χ2v) is 8.51. The summed E-state index contributed by atoms with van der Waals surface area (Å²) in [6, 6.07) is 0. The molecule has 0 amide bonds. The van der Waals surface area contributed by atoms with E-state index < -0.39 is 0 Å². The van der Waals surface area contributed by atoms with Crippen LogP contribution in [0.15, 0.2) is 0 Å². The minimum absolute atomic E-state index is 0.368. The number of rotatable bonds is 1. The van der Waals surface area contributed by atoms with Crippen LogP contribution in [-0.2, 0) is 0 Å². The van der Waals surface area contributed by atoms with E-state index in [9.17, 15) is 0 Å². The zero-order valence-electron chi connectivity index (χ0n) is 14.0. The number of hydrogen-bond acceptors (Lipinski definition) is 2. The lowest BCUT2D eigenvalue weighted by molar-refractivity contribution is 0.0854. The summed E-state index contributed by atoms with van der Waals surface area (Å²) < 4.78 is 0. The molecule has 2 aliphatic carbocycles. The summed E-state index contributed by atoms with van der Waals surface area (Å²) in [6.07, 6.45) is 10.5. The zero-order chi connectivity index (χ0) is 14.4. The Morgan fingerprint density at radius 1 is 1.05 bits per heavy atom. The van der Waals surface area contributed by atoms with Gasteiger partial charge in [0.15, 0.2) is 0 Å². The minimum Gasteiger partial charge on any atom is -0.302 e. The van der Waals surface area contributed by atoms with Gasteiger partial charge in [0, 0.05) is 12.1 Å². The topological polar surface area (TPSA) is 24.1 Å². The predicted molar refractivity (Wildman–Crippen MR) is 85.6 cm³/mol. The molecule has 0 spiro atoms. The van der Waals surface area contributed by atoms with E-state index in [0.29, 0.717) is 17.1 Å². The van der Waals surface area contributed by atoms with Gasteiger partial charge in [-0.05, 0) is 62.2 Å². The lowest BCUT2D eigenvalue weighted by Gasteiger charge is -2.48. The standard InChI is InChI=1S/C18H34N2/c1-13(2)18-10-9-17(4,12-19-14(3)20-18)15-7-5-6-8-16(18)11-15/h13-16,19-20H,5-12H2,1-4H3. The molecule has 2 nitrogen and oxygen atoms in total. The second kappa shape index (κ2) is 5.28. The van der Waals surface area contributed by atoms with Crippen LogP contribution in [0.25, 0.3) is 0 Å². The van der Waals surface area contributed by atoms with Crippen LogP contribution in [0.2, 0.25) is 0 Å². The van der Waals surface area contributed by atoms with Gasteiger partial charge < -0.3 is 5.32 Å². The van der Waals surface area contributed by atoms with E-state index in [0.717, 1.165) is 17.8 Å². The maximum Gasteiger partial charge on any atom is 0.0547 e. The number of fused-ring (bicyclic) bond motifs is 7. The van der Waals surface area contributed by atoms with E-state index in [1.54, 1.807) is 0 Å². The van der Waals surface area contributed by atoms with Crippen LogP contribution in [-0.4, -0.2) is 18.2 Å². The molecule has 4 bridgehead atoms. The first-order valence-corrected chi connectivity index (χ1v) is 8.97. The van der Waals surface area contributed by atoms with E-state index in [1.807, 2.05) is 0 Å². The average Bonchev–Trinajstić information content (AvgIpc) is 2.69. The van der Waals surface area contributed by atoms with Crippen molar-refractivity contribution in [1.82, 2.24) is 10.6 Å². The normalized spacial score (nSPS) is 49.4. The third kappa shape index (κ3) is 2.33. The molecule has 20 heavy (non-hydrogen) atoms. The minimum atomic E-state index is 0.368. The fourth-order valence-corrected chi connectivity index (χ4v) is 5.55. The van der Waals surface area contributed by atoms with Gasteiger partial charge in [-0.15, -0.1) is 0 Å². The lowest BCUT2D eigenvalue weighted by atomic mass is 9.69. The highest BCUT2D eigenvalue weighted by Gasteiger charge is 2.51. The van der Waals surface area contributed by atoms with Crippen molar-refractivity contribution in [3.63, 3.8) is 0 Å². The number of hydrogen-bond donors (Lipinski definition) is 2. The molecule has 1 aliphatic heterocycles. The number of nitrogens with one attached hydrogen (secondary N) is 2. The van der Waals surface area contributed by atoms with Gasteiger partial charge in [-0.2, -0.15) is 0 Å². The Bertz CT molecular complexity index is 353. The summed E-state index contributed by atoms with van der Waals surface area (Å²) in [5, 5.41) is 7.85. The van der Waals surface area contributed by atoms with Crippen LogP contribution in [0.3, 0.4) is 0 Å².